The average Bonchev–Trinajstić information content (AvgIpc) is 2.84. The Bertz CT molecular complexity index is 404. The molecule has 0 saturated carbocycles. The van der Waals surface area contributed by atoms with Gasteiger partial charge in [-0.15, -0.1) is 0 Å². The lowest BCUT2D eigenvalue weighted by molar-refractivity contribution is 0.0704. The number of aromatic nitrogens is 1. The quantitative estimate of drug-likeness (QED) is 0.889. The molecule has 0 bridgehead atoms. The fourth-order valence-electron chi connectivity index (χ4n) is 2.18. The molecule has 1 unspecified atom stereocenters. The maximum atomic E-state index is 12.4. The lowest BCUT2D eigenvalue weighted by Crippen LogP contribution is -2.41. The van der Waals surface area contributed by atoms with Crippen molar-refractivity contribution in [3.8, 4) is 0 Å². The zero-order valence-corrected chi connectivity index (χ0v) is 10.6. The van der Waals surface area contributed by atoms with E-state index in [0.717, 1.165) is 19.5 Å². The maximum Gasteiger partial charge on any atom is 0.255 e. The lowest BCUT2D eigenvalue weighted by atomic mass is 10.1. The molecule has 5 heteroatoms. The smallest absolute Gasteiger partial charge is 0.255 e. The molecule has 1 aliphatic rings. The van der Waals surface area contributed by atoms with Gasteiger partial charge in [0, 0.05) is 31.5 Å². The molecule has 92 valence electrons. The minimum absolute atomic E-state index is 0.00593. The summed E-state index contributed by atoms with van der Waals surface area (Å²) in [5, 5.41) is 3.69. The van der Waals surface area contributed by atoms with Crippen molar-refractivity contribution in [2.45, 2.75) is 19.4 Å². The fourth-order valence-corrected chi connectivity index (χ4v) is 2.38. The first-order valence-corrected chi connectivity index (χ1v) is 6.23. The third kappa shape index (κ3) is 2.58. The fraction of sp³-hybridized carbons (Fsp3) is 0.500. The van der Waals surface area contributed by atoms with Gasteiger partial charge in [0.05, 0.1) is 10.6 Å². The highest BCUT2D eigenvalue weighted by Crippen LogP contribution is 2.18. The van der Waals surface area contributed by atoms with Crippen LogP contribution in [0.1, 0.15) is 23.7 Å². The number of likely N-dealkylation sites (N-methyl/N-ethyl adjacent to an activating group) is 1. The highest BCUT2D eigenvalue weighted by molar-refractivity contribution is 6.33. The summed E-state index contributed by atoms with van der Waals surface area (Å²) in [6, 6.07) is 1.95. The van der Waals surface area contributed by atoms with Crippen LogP contribution in [0.4, 0.5) is 0 Å². The number of hydrogen-bond donors (Lipinski definition) is 1. The van der Waals surface area contributed by atoms with Gasteiger partial charge < -0.3 is 10.2 Å². The standard InChI is InChI=1S/C12H16ClN3O/c1-2-16(9-3-5-14-7-9)12(17)10-4-6-15-8-11(10)13/h4,6,8-9,14H,2-3,5,7H2,1H3. The topological polar surface area (TPSA) is 45.2 Å². The summed E-state index contributed by atoms with van der Waals surface area (Å²) >= 11 is 6.00. The second kappa shape index (κ2) is 5.47. The number of carbonyl (C=O) groups is 1. The van der Waals surface area contributed by atoms with Crippen molar-refractivity contribution in [2.75, 3.05) is 19.6 Å². The Labute approximate surface area is 106 Å². The number of rotatable bonds is 3. The second-order valence-corrected chi connectivity index (χ2v) is 4.50. The third-order valence-electron chi connectivity index (χ3n) is 3.08. The number of nitrogens with zero attached hydrogens (tertiary/aromatic N) is 2. The van der Waals surface area contributed by atoms with Crippen LogP contribution >= 0.6 is 11.6 Å². The van der Waals surface area contributed by atoms with Crippen LogP contribution in [0.5, 0.6) is 0 Å². The van der Waals surface area contributed by atoms with Crippen LogP contribution in [-0.4, -0.2) is 41.5 Å². The Morgan fingerprint density at radius 2 is 2.53 bits per heavy atom. The molecule has 1 saturated heterocycles. The van der Waals surface area contributed by atoms with Gasteiger partial charge in [-0.2, -0.15) is 0 Å². The molecule has 0 radical (unpaired) electrons. The summed E-state index contributed by atoms with van der Waals surface area (Å²) in [4.78, 5) is 18.1. The van der Waals surface area contributed by atoms with E-state index in [9.17, 15) is 4.79 Å². The van der Waals surface area contributed by atoms with Gasteiger partial charge in [-0.3, -0.25) is 9.78 Å². The van der Waals surface area contributed by atoms with E-state index in [2.05, 4.69) is 10.3 Å². The highest BCUT2D eigenvalue weighted by atomic mass is 35.5. The first kappa shape index (κ1) is 12.3. The molecule has 0 aromatic carbocycles. The van der Waals surface area contributed by atoms with Crippen LogP contribution in [0, 0.1) is 0 Å². The number of amides is 1. The van der Waals surface area contributed by atoms with Crippen LogP contribution in [-0.2, 0) is 0 Å². The summed E-state index contributed by atoms with van der Waals surface area (Å²) in [5.41, 5.74) is 0.537. The van der Waals surface area contributed by atoms with E-state index < -0.39 is 0 Å². The van der Waals surface area contributed by atoms with Gasteiger partial charge in [-0.25, -0.2) is 0 Å². The van der Waals surface area contributed by atoms with Gasteiger partial charge in [0.1, 0.15) is 0 Å². The minimum atomic E-state index is -0.00593. The van der Waals surface area contributed by atoms with Crippen LogP contribution < -0.4 is 5.32 Å². The Hall–Kier alpha value is -1.13. The number of pyridine rings is 1. The lowest BCUT2D eigenvalue weighted by Gasteiger charge is -2.27. The number of carbonyl (C=O) groups excluding carboxylic acids is 1. The van der Waals surface area contributed by atoms with Crippen molar-refractivity contribution in [3.63, 3.8) is 0 Å². The monoisotopic (exact) mass is 253 g/mol. The van der Waals surface area contributed by atoms with Crippen LogP contribution in [0.25, 0.3) is 0 Å². The predicted molar refractivity (Wildman–Crippen MR) is 67.2 cm³/mol. The summed E-state index contributed by atoms with van der Waals surface area (Å²) in [5.74, 6) is -0.00593. The zero-order valence-electron chi connectivity index (χ0n) is 9.82. The van der Waals surface area contributed by atoms with Crippen LogP contribution in [0.15, 0.2) is 18.5 Å². The molecule has 1 N–H and O–H groups in total. The normalized spacial score (nSPS) is 19.3. The van der Waals surface area contributed by atoms with Gasteiger partial charge in [-0.05, 0) is 26.0 Å². The van der Waals surface area contributed by atoms with Crippen molar-refractivity contribution in [2.24, 2.45) is 0 Å². The number of nitrogens with one attached hydrogen (secondary N) is 1. The molecule has 1 aromatic rings. The van der Waals surface area contributed by atoms with Crippen LogP contribution in [0.2, 0.25) is 5.02 Å². The highest BCUT2D eigenvalue weighted by Gasteiger charge is 2.26. The van der Waals surface area contributed by atoms with Gasteiger partial charge in [0.15, 0.2) is 0 Å². The Balaban J connectivity index is 2.20. The van der Waals surface area contributed by atoms with E-state index in [4.69, 9.17) is 11.6 Å². The van der Waals surface area contributed by atoms with Gasteiger partial charge in [0.2, 0.25) is 0 Å². The third-order valence-corrected chi connectivity index (χ3v) is 3.38. The second-order valence-electron chi connectivity index (χ2n) is 4.09. The summed E-state index contributed by atoms with van der Waals surface area (Å²) in [6.07, 6.45) is 4.11. The minimum Gasteiger partial charge on any atom is -0.335 e. The van der Waals surface area contributed by atoms with E-state index in [0.29, 0.717) is 17.1 Å². The predicted octanol–water partition coefficient (Wildman–Crippen LogP) is 1.56. The van der Waals surface area contributed by atoms with E-state index >= 15 is 0 Å². The molecule has 0 aliphatic carbocycles. The van der Waals surface area contributed by atoms with E-state index in [1.165, 1.54) is 6.20 Å². The first-order chi connectivity index (χ1) is 8.24. The molecule has 2 heterocycles. The summed E-state index contributed by atoms with van der Waals surface area (Å²) < 4.78 is 0. The van der Waals surface area contributed by atoms with E-state index in [1.54, 1.807) is 12.3 Å². The Morgan fingerprint density at radius 1 is 1.71 bits per heavy atom. The number of hydrogen-bond acceptors (Lipinski definition) is 3. The summed E-state index contributed by atoms with van der Waals surface area (Å²) in [6.45, 7) is 4.52. The van der Waals surface area contributed by atoms with Crippen molar-refractivity contribution in [1.82, 2.24) is 15.2 Å². The Kier molecular flexibility index (Phi) is 3.97. The molecular formula is C12H16ClN3O. The number of halogens is 1. The summed E-state index contributed by atoms with van der Waals surface area (Å²) in [7, 11) is 0. The molecule has 4 nitrogen and oxygen atoms in total. The molecular weight excluding hydrogens is 238 g/mol. The largest absolute Gasteiger partial charge is 0.335 e. The molecule has 1 aromatic heterocycles. The van der Waals surface area contributed by atoms with Gasteiger partial charge in [0.25, 0.3) is 5.91 Å². The van der Waals surface area contributed by atoms with Gasteiger partial charge >= 0.3 is 0 Å². The molecule has 17 heavy (non-hydrogen) atoms. The van der Waals surface area contributed by atoms with Crippen molar-refractivity contribution in [3.05, 3.63) is 29.0 Å². The molecule has 2 rings (SSSR count). The first-order valence-electron chi connectivity index (χ1n) is 5.85. The molecule has 1 aliphatic heterocycles. The van der Waals surface area contributed by atoms with Crippen molar-refractivity contribution >= 4 is 17.5 Å². The molecule has 1 amide bonds. The van der Waals surface area contributed by atoms with E-state index in [-0.39, 0.29) is 11.9 Å². The molecule has 0 spiro atoms. The van der Waals surface area contributed by atoms with Gasteiger partial charge in [-0.1, -0.05) is 11.6 Å². The van der Waals surface area contributed by atoms with Crippen molar-refractivity contribution in [1.29, 1.82) is 0 Å². The average molecular weight is 254 g/mol. The molecule has 1 fully saturated rings. The van der Waals surface area contributed by atoms with Crippen LogP contribution in [0.3, 0.4) is 0 Å². The zero-order chi connectivity index (χ0) is 12.3. The maximum absolute atomic E-state index is 12.4. The Morgan fingerprint density at radius 3 is 3.12 bits per heavy atom. The van der Waals surface area contributed by atoms with Crippen molar-refractivity contribution < 1.29 is 4.79 Å². The van der Waals surface area contributed by atoms with E-state index in [1.807, 2.05) is 11.8 Å². The SMILES string of the molecule is CCN(C(=O)c1ccncc1Cl)C1CCNC1. The molecule has 1 atom stereocenters.